The number of hydrogen-bond acceptors (Lipinski definition) is 4. The van der Waals surface area contributed by atoms with Crippen molar-refractivity contribution in [3.8, 4) is 11.5 Å². The van der Waals surface area contributed by atoms with E-state index in [0.717, 1.165) is 16.6 Å². The molecule has 1 heterocycles. The quantitative estimate of drug-likeness (QED) is 0.489. The number of nitrogens with zero attached hydrogens (tertiary/aromatic N) is 1. The van der Waals surface area contributed by atoms with Gasteiger partial charge in [0.2, 0.25) is 0 Å². The molecule has 1 aromatic heterocycles. The average molecular weight is 354 g/mol. The molecule has 3 rings (SSSR count). The number of aromatic nitrogens is 1. The van der Waals surface area contributed by atoms with Crippen molar-refractivity contribution in [2.45, 2.75) is 6.92 Å². The molecule has 0 aliphatic rings. The summed E-state index contributed by atoms with van der Waals surface area (Å²) in [5, 5.41) is 1.56. The van der Waals surface area contributed by atoms with Crippen LogP contribution in [0.1, 0.15) is 18.2 Å². The molecule has 0 fully saturated rings. The van der Waals surface area contributed by atoms with Crippen molar-refractivity contribution < 1.29 is 14.3 Å². The van der Waals surface area contributed by atoms with E-state index in [1.54, 1.807) is 18.2 Å². The molecule has 0 radical (unpaired) electrons. The van der Waals surface area contributed by atoms with Crippen LogP contribution in [-0.2, 0) is 4.79 Å². The zero-order chi connectivity index (χ0) is 17.8. The standard InChI is InChI=1S/C20H16ClNO3/c1-13(23)25-20-15(11-16(21)12-19(20)24-2)8-10-17-9-7-14-5-3-4-6-18(14)22-17/h3-12H,1-2H3/b10-8+. The van der Waals surface area contributed by atoms with Gasteiger partial charge in [-0.15, -0.1) is 0 Å². The molecular weight excluding hydrogens is 338 g/mol. The summed E-state index contributed by atoms with van der Waals surface area (Å²) >= 11 is 6.13. The van der Waals surface area contributed by atoms with Gasteiger partial charge in [0, 0.05) is 29.0 Å². The minimum Gasteiger partial charge on any atom is -0.493 e. The van der Waals surface area contributed by atoms with Crippen LogP contribution in [-0.4, -0.2) is 18.1 Å². The lowest BCUT2D eigenvalue weighted by Gasteiger charge is -2.11. The van der Waals surface area contributed by atoms with Crippen LogP contribution in [0, 0.1) is 0 Å². The first-order valence-electron chi connectivity index (χ1n) is 7.66. The fraction of sp³-hybridized carbons (Fsp3) is 0.100. The van der Waals surface area contributed by atoms with E-state index in [0.29, 0.717) is 22.1 Å². The maximum absolute atomic E-state index is 11.4. The molecule has 3 aromatic rings. The molecule has 2 aromatic carbocycles. The first-order chi connectivity index (χ1) is 12.1. The van der Waals surface area contributed by atoms with Crippen molar-refractivity contribution in [3.05, 3.63) is 64.8 Å². The lowest BCUT2D eigenvalue weighted by Crippen LogP contribution is -2.04. The van der Waals surface area contributed by atoms with Crippen molar-refractivity contribution >= 4 is 40.6 Å². The molecule has 25 heavy (non-hydrogen) atoms. The SMILES string of the molecule is COc1cc(Cl)cc(/C=C/c2ccc3ccccc3n2)c1OC(C)=O. The van der Waals surface area contributed by atoms with Crippen LogP contribution in [0.15, 0.2) is 48.5 Å². The highest BCUT2D eigenvalue weighted by Gasteiger charge is 2.13. The summed E-state index contributed by atoms with van der Waals surface area (Å²) in [6.07, 6.45) is 3.63. The maximum Gasteiger partial charge on any atom is 0.308 e. The van der Waals surface area contributed by atoms with E-state index in [4.69, 9.17) is 21.1 Å². The van der Waals surface area contributed by atoms with E-state index in [1.807, 2.05) is 42.5 Å². The molecule has 0 bridgehead atoms. The van der Waals surface area contributed by atoms with Gasteiger partial charge in [-0.05, 0) is 30.4 Å². The Bertz CT molecular complexity index is 966. The number of carbonyl (C=O) groups excluding carboxylic acids is 1. The number of pyridine rings is 1. The van der Waals surface area contributed by atoms with E-state index in [-0.39, 0.29) is 0 Å². The topological polar surface area (TPSA) is 48.4 Å². The van der Waals surface area contributed by atoms with E-state index in [1.165, 1.54) is 14.0 Å². The van der Waals surface area contributed by atoms with E-state index >= 15 is 0 Å². The number of esters is 1. The summed E-state index contributed by atoms with van der Waals surface area (Å²) in [7, 11) is 1.50. The van der Waals surface area contributed by atoms with Crippen LogP contribution in [0.3, 0.4) is 0 Å². The van der Waals surface area contributed by atoms with Crippen LogP contribution >= 0.6 is 11.6 Å². The van der Waals surface area contributed by atoms with Gasteiger partial charge in [0.25, 0.3) is 0 Å². The zero-order valence-electron chi connectivity index (χ0n) is 13.8. The largest absolute Gasteiger partial charge is 0.493 e. The number of carbonyl (C=O) groups is 1. The Morgan fingerprint density at radius 1 is 1.12 bits per heavy atom. The van der Waals surface area contributed by atoms with Crippen LogP contribution in [0.2, 0.25) is 5.02 Å². The van der Waals surface area contributed by atoms with Crippen molar-refractivity contribution in [2.24, 2.45) is 0 Å². The summed E-state index contributed by atoms with van der Waals surface area (Å²) in [5.41, 5.74) is 2.33. The number of fused-ring (bicyclic) bond motifs is 1. The fourth-order valence-corrected chi connectivity index (χ4v) is 2.68. The summed E-state index contributed by atoms with van der Waals surface area (Å²) < 4.78 is 10.6. The van der Waals surface area contributed by atoms with Gasteiger partial charge in [-0.2, -0.15) is 0 Å². The summed E-state index contributed by atoms with van der Waals surface area (Å²) in [6.45, 7) is 1.34. The number of rotatable bonds is 4. The molecule has 0 N–H and O–H groups in total. The Hall–Kier alpha value is -2.85. The van der Waals surface area contributed by atoms with E-state index < -0.39 is 5.97 Å². The van der Waals surface area contributed by atoms with E-state index in [9.17, 15) is 4.79 Å². The maximum atomic E-state index is 11.4. The highest BCUT2D eigenvalue weighted by atomic mass is 35.5. The predicted octanol–water partition coefficient (Wildman–Crippen LogP) is 4.99. The molecule has 0 spiro atoms. The smallest absolute Gasteiger partial charge is 0.308 e. The number of para-hydroxylation sites is 1. The second-order valence-corrected chi connectivity index (χ2v) is 5.82. The fourth-order valence-electron chi connectivity index (χ4n) is 2.47. The minimum absolute atomic E-state index is 0.330. The van der Waals surface area contributed by atoms with Crippen LogP contribution < -0.4 is 9.47 Å². The first kappa shape index (κ1) is 17.0. The van der Waals surface area contributed by atoms with Crippen molar-refractivity contribution in [3.63, 3.8) is 0 Å². The number of ether oxygens (including phenoxy) is 2. The number of benzene rings is 2. The van der Waals surface area contributed by atoms with Gasteiger partial charge in [-0.25, -0.2) is 4.98 Å². The lowest BCUT2D eigenvalue weighted by atomic mass is 10.1. The Morgan fingerprint density at radius 2 is 1.92 bits per heavy atom. The van der Waals surface area contributed by atoms with Crippen molar-refractivity contribution in [1.82, 2.24) is 4.98 Å². The van der Waals surface area contributed by atoms with Crippen LogP contribution in [0.25, 0.3) is 23.1 Å². The molecule has 0 atom stereocenters. The zero-order valence-corrected chi connectivity index (χ0v) is 14.6. The molecule has 0 saturated carbocycles. The molecule has 0 unspecified atom stereocenters. The van der Waals surface area contributed by atoms with Crippen LogP contribution in [0.5, 0.6) is 11.5 Å². The monoisotopic (exact) mass is 353 g/mol. The molecular formula is C20H16ClNO3. The Labute approximate surface area is 150 Å². The molecule has 0 saturated heterocycles. The number of methoxy groups -OCH3 is 1. The third kappa shape index (κ3) is 3.98. The molecule has 0 aliphatic carbocycles. The summed E-state index contributed by atoms with van der Waals surface area (Å²) in [5.74, 6) is 0.296. The minimum atomic E-state index is -0.431. The van der Waals surface area contributed by atoms with Crippen molar-refractivity contribution in [2.75, 3.05) is 7.11 Å². The van der Waals surface area contributed by atoms with E-state index in [2.05, 4.69) is 4.98 Å². The Kier molecular flexibility index (Phi) is 5.00. The van der Waals surface area contributed by atoms with Gasteiger partial charge in [0.05, 0.1) is 18.3 Å². The summed E-state index contributed by atoms with van der Waals surface area (Å²) in [6, 6.07) is 15.1. The molecule has 5 heteroatoms. The molecule has 0 aliphatic heterocycles. The van der Waals surface area contributed by atoms with Gasteiger partial charge < -0.3 is 9.47 Å². The van der Waals surface area contributed by atoms with Gasteiger partial charge in [-0.1, -0.05) is 35.9 Å². The lowest BCUT2D eigenvalue weighted by molar-refractivity contribution is -0.132. The van der Waals surface area contributed by atoms with Gasteiger partial charge in [-0.3, -0.25) is 4.79 Å². The molecule has 0 amide bonds. The highest BCUT2D eigenvalue weighted by Crippen LogP contribution is 2.36. The number of hydrogen-bond donors (Lipinski definition) is 0. The third-order valence-electron chi connectivity index (χ3n) is 3.57. The third-order valence-corrected chi connectivity index (χ3v) is 3.79. The second kappa shape index (κ2) is 7.36. The van der Waals surface area contributed by atoms with Gasteiger partial charge in [0.15, 0.2) is 11.5 Å². The normalized spacial score (nSPS) is 11.0. The first-order valence-corrected chi connectivity index (χ1v) is 8.04. The predicted molar refractivity (Wildman–Crippen MR) is 100.0 cm³/mol. The molecule has 126 valence electrons. The summed E-state index contributed by atoms with van der Waals surface area (Å²) in [4.78, 5) is 16.0. The van der Waals surface area contributed by atoms with Crippen LogP contribution in [0.4, 0.5) is 0 Å². The van der Waals surface area contributed by atoms with Gasteiger partial charge >= 0.3 is 5.97 Å². The molecule has 4 nitrogen and oxygen atoms in total. The Morgan fingerprint density at radius 3 is 2.68 bits per heavy atom. The van der Waals surface area contributed by atoms with Gasteiger partial charge in [0.1, 0.15) is 0 Å². The average Bonchev–Trinajstić information content (AvgIpc) is 2.61. The van der Waals surface area contributed by atoms with Crippen molar-refractivity contribution in [1.29, 1.82) is 0 Å². The number of halogens is 1. The Balaban J connectivity index is 2.01. The highest BCUT2D eigenvalue weighted by molar-refractivity contribution is 6.31. The second-order valence-electron chi connectivity index (χ2n) is 5.38.